The van der Waals surface area contributed by atoms with Crippen molar-refractivity contribution in [2.45, 2.75) is 24.5 Å². The maximum absolute atomic E-state index is 10.8. The molecule has 1 aromatic carbocycles. The molecule has 4 atom stereocenters. The third kappa shape index (κ3) is 1.31. The van der Waals surface area contributed by atoms with Gasteiger partial charge in [-0.3, -0.25) is 5.10 Å². The molecule has 0 amide bonds. The summed E-state index contributed by atoms with van der Waals surface area (Å²) in [5, 5.41) is 28.8. The van der Waals surface area contributed by atoms with E-state index in [0.29, 0.717) is 17.9 Å². The van der Waals surface area contributed by atoms with E-state index in [1.165, 1.54) is 0 Å². The molecule has 1 unspecified atom stereocenters. The van der Waals surface area contributed by atoms with E-state index in [4.69, 9.17) is 11.6 Å². The summed E-state index contributed by atoms with van der Waals surface area (Å²) in [7, 11) is 0. The zero-order chi connectivity index (χ0) is 12.5. The van der Waals surface area contributed by atoms with Crippen LogP contribution in [0.1, 0.15) is 18.4 Å². The van der Waals surface area contributed by atoms with Gasteiger partial charge in [-0.1, -0.05) is 11.6 Å². The molecule has 5 heteroatoms. The van der Waals surface area contributed by atoms with Crippen LogP contribution in [0.25, 0.3) is 10.9 Å². The second kappa shape index (κ2) is 3.26. The van der Waals surface area contributed by atoms with E-state index in [-0.39, 0.29) is 17.9 Å². The van der Waals surface area contributed by atoms with Crippen LogP contribution in [0, 0.1) is 11.8 Å². The van der Waals surface area contributed by atoms with Crippen LogP contribution in [0.3, 0.4) is 0 Å². The molecular formula is C13H13ClN2O2. The number of nitrogens with one attached hydrogen (secondary N) is 1. The molecule has 2 aliphatic rings. The summed E-state index contributed by atoms with van der Waals surface area (Å²) < 4.78 is 0. The van der Waals surface area contributed by atoms with Gasteiger partial charge in [0.25, 0.3) is 0 Å². The lowest BCUT2D eigenvalue weighted by atomic mass is 9.86. The largest absolute Gasteiger partial charge is 0.393 e. The van der Waals surface area contributed by atoms with Gasteiger partial charge in [-0.2, -0.15) is 5.10 Å². The van der Waals surface area contributed by atoms with E-state index in [1.807, 2.05) is 6.07 Å². The molecular weight excluding hydrogens is 252 g/mol. The lowest BCUT2D eigenvalue weighted by molar-refractivity contribution is 0.0174. The van der Waals surface area contributed by atoms with Gasteiger partial charge in [0.2, 0.25) is 0 Å². The third-order valence-electron chi connectivity index (χ3n) is 4.46. The zero-order valence-corrected chi connectivity index (χ0v) is 10.4. The summed E-state index contributed by atoms with van der Waals surface area (Å²) in [5.74, 6) is 0.492. The number of halogens is 1. The molecule has 0 radical (unpaired) electrons. The first-order valence-electron chi connectivity index (χ1n) is 6.12. The summed E-state index contributed by atoms with van der Waals surface area (Å²) in [4.78, 5) is 0. The number of aromatic nitrogens is 2. The number of H-pyrrole nitrogens is 1. The molecule has 3 N–H and O–H groups in total. The van der Waals surface area contributed by atoms with E-state index in [2.05, 4.69) is 10.2 Å². The van der Waals surface area contributed by atoms with Crippen LogP contribution in [0.2, 0.25) is 5.02 Å². The van der Waals surface area contributed by atoms with Gasteiger partial charge < -0.3 is 10.2 Å². The summed E-state index contributed by atoms with van der Waals surface area (Å²) in [6.45, 7) is 0. The lowest BCUT2D eigenvalue weighted by Crippen LogP contribution is -2.25. The maximum Gasteiger partial charge on any atom is 0.0911 e. The van der Waals surface area contributed by atoms with Gasteiger partial charge in [0.15, 0.2) is 0 Å². The highest BCUT2D eigenvalue weighted by molar-refractivity contribution is 6.31. The Morgan fingerprint density at radius 1 is 1.33 bits per heavy atom. The predicted molar refractivity (Wildman–Crippen MR) is 67.2 cm³/mol. The fraction of sp³-hybridized carbons (Fsp3) is 0.462. The minimum absolute atomic E-state index is 0.218. The van der Waals surface area contributed by atoms with Gasteiger partial charge in [-0.15, -0.1) is 0 Å². The monoisotopic (exact) mass is 264 g/mol. The molecule has 2 saturated carbocycles. The number of aromatic amines is 1. The van der Waals surface area contributed by atoms with Crippen molar-refractivity contribution in [3.05, 3.63) is 28.9 Å². The minimum atomic E-state index is -0.873. The highest BCUT2D eigenvalue weighted by atomic mass is 35.5. The molecule has 4 rings (SSSR count). The summed E-state index contributed by atoms with van der Waals surface area (Å²) in [6, 6.07) is 3.62. The van der Waals surface area contributed by atoms with Gasteiger partial charge in [-0.25, -0.2) is 0 Å². The summed E-state index contributed by atoms with van der Waals surface area (Å²) in [6.07, 6.45) is 2.72. The first-order valence-corrected chi connectivity index (χ1v) is 6.50. The minimum Gasteiger partial charge on any atom is -0.393 e. The SMILES string of the molecule is OC1[C@H]2C[C@](O)(c3cc(Cl)cc4[nH]ncc34)C[C@@H]12. The maximum atomic E-state index is 10.8. The first kappa shape index (κ1) is 10.8. The Bertz CT molecular complexity index is 627. The van der Waals surface area contributed by atoms with Crippen LogP contribution >= 0.6 is 11.6 Å². The zero-order valence-electron chi connectivity index (χ0n) is 9.60. The van der Waals surface area contributed by atoms with Crippen molar-refractivity contribution in [2.75, 3.05) is 0 Å². The molecule has 18 heavy (non-hydrogen) atoms. The van der Waals surface area contributed by atoms with Gasteiger partial charge in [0.05, 0.1) is 23.4 Å². The number of rotatable bonds is 1. The van der Waals surface area contributed by atoms with Crippen LogP contribution < -0.4 is 0 Å². The van der Waals surface area contributed by atoms with Crippen LogP contribution in [0.5, 0.6) is 0 Å². The van der Waals surface area contributed by atoms with Gasteiger partial charge >= 0.3 is 0 Å². The topological polar surface area (TPSA) is 69.1 Å². The van der Waals surface area contributed by atoms with Crippen molar-refractivity contribution >= 4 is 22.5 Å². The third-order valence-corrected chi connectivity index (χ3v) is 4.68. The normalized spacial score (nSPS) is 38.1. The van der Waals surface area contributed by atoms with Gasteiger partial charge in [0, 0.05) is 10.4 Å². The smallest absolute Gasteiger partial charge is 0.0911 e. The van der Waals surface area contributed by atoms with Crippen LogP contribution in [-0.4, -0.2) is 26.5 Å². The molecule has 0 bridgehead atoms. The van der Waals surface area contributed by atoms with Crippen molar-refractivity contribution in [1.29, 1.82) is 0 Å². The average molecular weight is 265 g/mol. The second-order valence-corrected chi connectivity index (χ2v) is 5.98. The average Bonchev–Trinajstić information content (AvgIpc) is 2.77. The first-order chi connectivity index (χ1) is 8.58. The highest BCUT2D eigenvalue weighted by Gasteiger charge is 2.61. The van der Waals surface area contributed by atoms with Crippen LogP contribution in [0.15, 0.2) is 18.3 Å². The molecule has 2 fully saturated rings. The van der Waals surface area contributed by atoms with E-state index >= 15 is 0 Å². The molecule has 2 aromatic rings. The van der Waals surface area contributed by atoms with Crippen molar-refractivity contribution in [3.63, 3.8) is 0 Å². The fourth-order valence-corrected chi connectivity index (χ4v) is 3.67. The molecule has 1 heterocycles. The highest BCUT2D eigenvalue weighted by Crippen LogP contribution is 2.60. The van der Waals surface area contributed by atoms with Crippen molar-refractivity contribution in [3.8, 4) is 0 Å². The number of fused-ring (bicyclic) bond motifs is 2. The van der Waals surface area contributed by atoms with E-state index in [9.17, 15) is 10.2 Å². The molecule has 4 nitrogen and oxygen atoms in total. The Morgan fingerprint density at radius 2 is 2.06 bits per heavy atom. The summed E-state index contributed by atoms with van der Waals surface area (Å²) >= 11 is 6.09. The standard InChI is InChI=1S/C13H13ClN2O2/c14-6-1-10(9-5-15-16-11(9)2-6)13(18)3-7-8(4-13)12(7)17/h1-2,5,7-8,12,17-18H,3-4H2,(H,15,16)/t7-,8+,12?,13+. The number of benzene rings is 1. The Morgan fingerprint density at radius 3 is 2.78 bits per heavy atom. The fourth-order valence-electron chi connectivity index (χ4n) is 3.45. The Balaban J connectivity index is 1.85. The van der Waals surface area contributed by atoms with Gasteiger partial charge in [0.1, 0.15) is 0 Å². The van der Waals surface area contributed by atoms with Crippen LogP contribution in [0.4, 0.5) is 0 Å². The Kier molecular flexibility index (Phi) is 1.95. The summed E-state index contributed by atoms with van der Waals surface area (Å²) in [5.41, 5.74) is 0.798. The molecule has 2 aliphatic carbocycles. The molecule has 1 aromatic heterocycles. The van der Waals surface area contributed by atoms with Crippen molar-refractivity contribution in [2.24, 2.45) is 11.8 Å². The van der Waals surface area contributed by atoms with Crippen LogP contribution in [-0.2, 0) is 5.60 Å². The van der Waals surface area contributed by atoms with Crippen molar-refractivity contribution in [1.82, 2.24) is 10.2 Å². The number of hydrogen-bond donors (Lipinski definition) is 3. The Labute approximate surface area is 109 Å². The number of nitrogens with zero attached hydrogens (tertiary/aromatic N) is 1. The van der Waals surface area contributed by atoms with E-state index < -0.39 is 5.60 Å². The van der Waals surface area contributed by atoms with E-state index in [1.54, 1.807) is 12.3 Å². The number of aliphatic hydroxyl groups is 2. The number of aliphatic hydroxyl groups excluding tert-OH is 1. The molecule has 94 valence electrons. The molecule has 0 saturated heterocycles. The van der Waals surface area contributed by atoms with E-state index in [0.717, 1.165) is 16.5 Å². The predicted octanol–water partition coefficient (Wildman–Crippen LogP) is 1.80. The molecule has 0 aliphatic heterocycles. The quantitative estimate of drug-likeness (QED) is 0.736. The Hall–Kier alpha value is -1.10. The molecule has 0 spiro atoms. The van der Waals surface area contributed by atoms with Gasteiger partial charge in [-0.05, 0) is 42.4 Å². The number of hydrogen-bond acceptors (Lipinski definition) is 3. The lowest BCUT2D eigenvalue weighted by Gasteiger charge is -2.26. The van der Waals surface area contributed by atoms with Crippen molar-refractivity contribution < 1.29 is 10.2 Å². The second-order valence-electron chi connectivity index (χ2n) is 5.54.